The van der Waals surface area contributed by atoms with Gasteiger partial charge in [-0.25, -0.2) is 0 Å². The van der Waals surface area contributed by atoms with Crippen LogP contribution in [0.3, 0.4) is 0 Å². The van der Waals surface area contributed by atoms with Gasteiger partial charge in [-0.2, -0.15) is 8.42 Å². The summed E-state index contributed by atoms with van der Waals surface area (Å²) in [7, 11) is -6.07. The first kappa shape index (κ1) is 14.7. The SMILES string of the molecule is CC#CC(CS(=O)(=O)O)P(=O)(CC)OC. The molecule has 0 aromatic carbocycles. The van der Waals surface area contributed by atoms with Gasteiger partial charge in [-0.05, 0) is 6.92 Å². The minimum Gasteiger partial charge on any atom is -0.331 e. The Labute approximate surface area is 90.4 Å². The van der Waals surface area contributed by atoms with Crippen LogP contribution >= 0.6 is 7.37 Å². The van der Waals surface area contributed by atoms with Crippen molar-refractivity contribution >= 4 is 17.5 Å². The molecular formula is C8H15O5PS. The van der Waals surface area contributed by atoms with Crippen LogP contribution in [-0.4, -0.2) is 37.7 Å². The number of hydrogen-bond acceptors (Lipinski definition) is 4. The largest absolute Gasteiger partial charge is 0.331 e. The van der Waals surface area contributed by atoms with Gasteiger partial charge in [-0.15, -0.1) is 5.92 Å². The highest BCUT2D eigenvalue weighted by Crippen LogP contribution is 2.50. The third-order valence-corrected chi connectivity index (χ3v) is 5.67. The molecule has 0 aliphatic heterocycles. The van der Waals surface area contributed by atoms with Crippen molar-refractivity contribution in [1.82, 2.24) is 0 Å². The summed E-state index contributed by atoms with van der Waals surface area (Å²) in [5.41, 5.74) is -0.965. The van der Waals surface area contributed by atoms with Crippen molar-refractivity contribution in [2.75, 3.05) is 19.0 Å². The Morgan fingerprint density at radius 2 is 2.07 bits per heavy atom. The molecule has 0 amide bonds. The van der Waals surface area contributed by atoms with Crippen LogP contribution < -0.4 is 0 Å². The molecule has 0 fully saturated rings. The van der Waals surface area contributed by atoms with Gasteiger partial charge < -0.3 is 4.52 Å². The van der Waals surface area contributed by atoms with Crippen LogP contribution in [0.4, 0.5) is 0 Å². The fourth-order valence-electron chi connectivity index (χ4n) is 1.10. The molecule has 0 radical (unpaired) electrons. The average Bonchev–Trinajstić information content (AvgIpc) is 2.14. The second-order valence-electron chi connectivity index (χ2n) is 2.88. The summed E-state index contributed by atoms with van der Waals surface area (Å²) >= 11 is 0. The van der Waals surface area contributed by atoms with Crippen LogP contribution in [0.2, 0.25) is 0 Å². The smallest absolute Gasteiger partial charge is 0.266 e. The van der Waals surface area contributed by atoms with Gasteiger partial charge in [0.1, 0.15) is 5.66 Å². The van der Waals surface area contributed by atoms with Crippen molar-refractivity contribution in [3.63, 3.8) is 0 Å². The topological polar surface area (TPSA) is 80.7 Å². The number of rotatable bonds is 5. The van der Waals surface area contributed by atoms with Crippen LogP contribution in [0.25, 0.3) is 0 Å². The highest BCUT2D eigenvalue weighted by atomic mass is 32.2. The minimum atomic E-state index is -4.20. The van der Waals surface area contributed by atoms with E-state index in [9.17, 15) is 13.0 Å². The van der Waals surface area contributed by atoms with E-state index in [-0.39, 0.29) is 6.16 Å². The van der Waals surface area contributed by atoms with Crippen molar-refractivity contribution in [3.8, 4) is 11.8 Å². The average molecular weight is 254 g/mol. The molecule has 0 saturated carbocycles. The van der Waals surface area contributed by atoms with Crippen LogP contribution in [0.15, 0.2) is 0 Å². The molecule has 1 N–H and O–H groups in total. The first-order chi connectivity index (χ1) is 6.79. The molecule has 0 spiro atoms. The summed E-state index contributed by atoms with van der Waals surface area (Å²) in [6.07, 6.45) is 0.179. The second-order valence-corrected chi connectivity index (χ2v) is 7.45. The Morgan fingerprint density at radius 3 is 2.33 bits per heavy atom. The molecule has 0 bridgehead atoms. The predicted molar refractivity (Wildman–Crippen MR) is 58.8 cm³/mol. The molecule has 0 rings (SSSR count). The molecule has 15 heavy (non-hydrogen) atoms. The van der Waals surface area contributed by atoms with E-state index >= 15 is 0 Å². The van der Waals surface area contributed by atoms with Gasteiger partial charge >= 0.3 is 0 Å². The van der Waals surface area contributed by atoms with E-state index < -0.39 is 28.9 Å². The van der Waals surface area contributed by atoms with Gasteiger partial charge in [0.05, 0.1) is 5.75 Å². The van der Waals surface area contributed by atoms with Crippen LogP contribution in [-0.2, 0) is 19.2 Å². The first-order valence-corrected chi connectivity index (χ1v) is 7.79. The van der Waals surface area contributed by atoms with E-state index in [1.54, 1.807) is 6.92 Å². The summed E-state index contributed by atoms with van der Waals surface area (Å²) in [5.74, 6) is 4.33. The zero-order valence-corrected chi connectivity index (χ0v) is 10.6. The molecule has 0 aliphatic rings. The van der Waals surface area contributed by atoms with Crippen molar-refractivity contribution in [2.45, 2.75) is 19.5 Å². The van der Waals surface area contributed by atoms with Crippen molar-refractivity contribution in [1.29, 1.82) is 0 Å². The van der Waals surface area contributed by atoms with E-state index in [4.69, 9.17) is 9.08 Å². The molecule has 0 aromatic rings. The quantitative estimate of drug-likeness (QED) is 0.453. The highest BCUT2D eigenvalue weighted by molar-refractivity contribution is 7.86. The van der Waals surface area contributed by atoms with Crippen LogP contribution in [0.1, 0.15) is 13.8 Å². The third-order valence-electron chi connectivity index (χ3n) is 1.90. The Morgan fingerprint density at radius 1 is 1.53 bits per heavy atom. The lowest BCUT2D eigenvalue weighted by Gasteiger charge is -2.19. The molecule has 2 unspecified atom stereocenters. The Balaban J connectivity index is 5.12. The summed E-state index contributed by atoms with van der Waals surface area (Å²) < 4.78 is 47.0. The first-order valence-electron chi connectivity index (χ1n) is 4.31. The van der Waals surface area contributed by atoms with Gasteiger partial charge in [-0.3, -0.25) is 9.12 Å². The summed E-state index contributed by atoms with van der Waals surface area (Å²) in [4.78, 5) is 0. The van der Waals surface area contributed by atoms with E-state index in [1.165, 1.54) is 14.0 Å². The zero-order chi connectivity index (χ0) is 12.1. The molecule has 0 aromatic heterocycles. The van der Waals surface area contributed by atoms with Crippen molar-refractivity contribution in [2.24, 2.45) is 0 Å². The lowest BCUT2D eigenvalue weighted by molar-refractivity contribution is 0.390. The zero-order valence-electron chi connectivity index (χ0n) is 8.93. The summed E-state index contributed by atoms with van der Waals surface area (Å²) in [5, 5.41) is 0. The van der Waals surface area contributed by atoms with Gasteiger partial charge in [0.2, 0.25) is 7.37 Å². The molecular weight excluding hydrogens is 239 g/mol. The molecule has 0 aliphatic carbocycles. The van der Waals surface area contributed by atoms with Gasteiger partial charge in [0, 0.05) is 13.3 Å². The van der Waals surface area contributed by atoms with E-state index in [1.807, 2.05) is 0 Å². The maximum atomic E-state index is 12.0. The maximum Gasteiger partial charge on any atom is 0.266 e. The fourth-order valence-corrected chi connectivity index (χ4v) is 4.33. The minimum absolute atomic E-state index is 0.179. The van der Waals surface area contributed by atoms with Crippen molar-refractivity contribution < 1.29 is 22.1 Å². The normalized spacial score (nSPS) is 17.3. The van der Waals surface area contributed by atoms with Gasteiger partial charge in [0.25, 0.3) is 10.1 Å². The molecule has 88 valence electrons. The monoisotopic (exact) mass is 254 g/mol. The summed E-state index contributed by atoms with van der Waals surface area (Å²) in [6.45, 7) is 3.13. The fraction of sp³-hybridized carbons (Fsp3) is 0.750. The standard InChI is InChI=1S/C8H15O5PS/c1-4-6-8(7-15(10,11)12)14(9,5-2)13-3/h8H,5,7H2,1-3H3,(H,10,11,12). The Bertz CT molecular complexity index is 394. The summed E-state index contributed by atoms with van der Waals surface area (Å²) in [6, 6.07) is 0. The molecule has 7 heteroatoms. The maximum absolute atomic E-state index is 12.0. The Hall–Kier alpha value is -0.340. The van der Waals surface area contributed by atoms with E-state index in [0.717, 1.165) is 0 Å². The van der Waals surface area contributed by atoms with E-state index in [2.05, 4.69) is 11.8 Å². The lowest BCUT2D eigenvalue weighted by Crippen LogP contribution is -2.21. The molecule has 2 atom stereocenters. The molecule has 0 heterocycles. The third kappa shape index (κ3) is 4.80. The van der Waals surface area contributed by atoms with Crippen molar-refractivity contribution in [3.05, 3.63) is 0 Å². The van der Waals surface area contributed by atoms with Gasteiger partial charge in [0.15, 0.2) is 0 Å². The number of hydrogen-bond donors (Lipinski definition) is 1. The molecule has 5 nitrogen and oxygen atoms in total. The Kier molecular flexibility index (Phi) is 5.54. The highest BCUT2D eigenvalue weighted by Gasteiger charge is 2.33. The van der Waals surface area contributed by atoms with Crippen LogP contribution in [0.5, 0.6) is 0 Å². The lowest BCUT2D eigenvalue weighted by atomic mass is 10.5. The van der Waals surface area contributed by atoms with E-state index in [0.29, 0.717) is 0 Å². The molecule has 0 saturated heterocycles. The van der Waals surface area contributed by atoms with Crippen LogP contribution in [0, 0.1) is 11.8 Å². The second kappa shape index (κ2) is 5.66. The predicted octanol–water partition coefficient (Wildman–Crippen LogP) is 1.21. The van der Waals surface area contributed by atoms with Gasteiger partial charge in [-0.1, -0.05) is 12.8 Å².